The highest BCUT2D eigenvalue weighted by atomic mass is 16.3. The number of hydrogen-bond donors (Lipinski definition) is 2. The van der Waals surface area contributed by atoms with Crippen molar-refractivity contribution >= 4 is 11.9 Å². The number of nitrogens with zero attached hydrogens (tertiary/aromatic N) is 2. The Morgan fingerprint density at radius 3 is 2.87 bits per heavy atom. The number of amides is 1. The summed E-state index contributed by atoms with van der Waals surface area (Å²) >= 11 is 0. The van der Waals surface area contributed by atoms with Gasteiger partial charge in [-0.3, -0.25) is 9.79 Å². The van der Waals surface area contributed by atoms with Crippen molar-refractivity contribution in [1.29, 1.82) is 0 Å². The van der Waals surface area contributed by atoms with Gasteiger partial charge in [0, 0.05) is 38.8 Å². The third-order valence-corrected chi connectivity index (χ3v) is 4.16. The zero-order valence-electron chi connectivity index (χ0n) is 14.4. The van der Waals surface area contributed by atoms with Crippen molar-refractivity contribution in [3.8, 4) is 0 Å². The summed E-state index contributed by atoms with van der Waals surface area (Å²) in [5.41, 5.74) is 0.861. The van der Waals surface area contributed by atoms with Gasteiger partial charge in [0.05, 0.1) is 6.26 Å². The van der Waals surface area contributed by atoms with Gasteiger partial charge in [0.25, 0.3) is 5.91 Å². The van der Waals surface area contributed by atoms with Crippen LogP contribution in [0.4, 0.5) is 0 Å². The van der Waals surface area contributed by atoms with Gasteiger partial charge in [0.15, 0.2) is 11.7 Å². The van der Waals surface area contributed by atoms with Crippen molar-refractivity contribution in [3.63, 3.8) is 0 Å². The average molecular weight is 320 g/mol. The zero-order chi connectivity index (χ0) is 16.7. The molecule has 23 heavy (non-hydrogen) atoms. The molecular weight excluding hydrogens is 292 g/mol. The SMILES string of the molecule is CN=C(NCCCNC(=O)c1occc1C)N1CCCC(C)C1. The molecule has 1 saturated heterocycles. The van der Waals surface area contributed by atoms with E-state index in [4.69, 9.17) is 4.42 Å². The summed E-state index contributed by atoms with van der Waals surface area (Å²) in [6.45, 7) is 7.68. The van der Waals surface area contributed by atoms with E-state index in [0.29, 0.717) is 12.3 Å². The molecule has 0 aromatic carbocycles. The molecule has 0 radical (unpaired) electrons. The highest BCUT2D eigenvalue weighted by Crippen LogP contribution is 2.15. The highest BCUT2D eigenvalue weighted by Gasteiger charge is 2.18. The van der Waals surface area contributed by atoms with Crippen LogP contribution in [0.2, 0.25) is 0 Å². The molecule has 1 amide bonds. The Morgan fingerprint density at radius 2 is 2.22 bits per heavy atom. The van der Waals surface area contributed by atoms with E-state index in [1.54, 1.807) is 6.07 Å². The van der Waals surface area contributed by atoms with Gasteiger partial charge < -0.3 is 20.0 Å². The van der Waals surface area contributed by atoms with Gasteiger partial charge in [-0.25, -0.2) is 0 Å². The normalized spacial score (nSPS) is 18.8. The first kappa shape index (κ1) is 17.4. The van der Waals surface area contributed by atoms with E-state index in [0.717, 1.165) is 43.5 Å². The largest absolute Gasteiger partial charge is 0.459 e. The summed E-state index contributed by atoms with van der Waals surface area (Å²) in [5, 5.41) is 6.26. The summed E-state index contributed by atoms with van der Waals surface area (Å²) < 4.78 is 5.17. The first-order valence-corrected chi connectivity index (χ1v) is 8.39. The Kier molecular flexibility index (Phi) is 6.50. The van der Waals surface area contributed by atoms with Gasteiger partial charge in [-0.15, -0.1) is 0 Å². The number of rotatable bonds is 5. The van der Waals surface area contributed by atoms with Crippen LogP contribution in [0.1, 0.15) is 42.3 Å². The highest BCUT2D eigenvalue weighted by molar-refractivity contribution is 5.92. The Labute approximate surface area is 138 Å². The lowest BCUT2D eigenvalue weighted by Gasteiger charge is -2.33. The Bertz CT molecular complexity index is 538. The van der Waals surface area contributed by atoms with Crippen molar-refractivity contribution in [2.24, 2.45) is 10.9 Å². The summed E-state index contributed by atoms with van der Waals surface area (Å²) in [4.78, 5) is 18.6. The Hall–Kier alpha value is -1.98. The summed E-state index contributed by atoms with van der Waals surface area (Å²) in [6.07, 6.45) is 4.90. The fourth-order valence-electron chi connectivity index (χ4n) is 2.89. The van der Waals surface area contributed by atoms with Crippen molar-refractivity contribution in [3.05, 3.63) is 23.7 Å². The molecule has 1 atom stereocenters. The van der Waals surface area contributed by atoms with E-state index < -0.39 is 0 Å². The quantitative estimate of drug-likeness (QED) is 0.495. The smallest absolute Gasteiger partial charge is 0.287 e. The van der Waals surface area contributed by atoms with Crippen LogP contribution in [0.15, 0.2) is 21.7 Å². The maximum atomic E-state index is 11.9. The molecule has 0 bridgehead atoms. The number of guanidine groups is 1. The molecule has 1 aromatic rings. The van der Waals surface area contributed by atoms with Crippen LogP contribution in [0.5, 0.6) is 0 Å². The van der Waals surface area contributed by atoms with E-state index >= 15 is 0 Å². The second-order valence-corrected chi connectivity index (χ2v) is 6.21. The van der Waals surface area contributed by atoms with Gasteiger partial charge in [0.1, 0.15) is 0 Å². The van der Waals surface area contributed by atoms with E-state index in [1.165, 1.54) is 19.1 Å². The lowest BCUT2D eigenvalue weighted by molar-refractivity contribution is 0.0925. The second-order valence-electron chi connectivity index (χ2n) is 6.21. The molecule has 6 heteroatoms. The van der Waals surface area contributed by atoms with Gasteiger partial charge >= 0.3 is 0 Å². The molecule has 2 rings (SSSR count). The number of piperidine rings is 1. The maximum Gasteiger partial charge on any atom is 0.287 e. The van der Waals surface area contributed by atoms with Crippen LogP contribution in [0.3, 0.4) is 0 Å². The Morgan fingerprint density at radius 1 is 1.43 bits per heavy atom. The zero-order valence-corrected chi connectivity index (χ0v) is 14.4. The van der Waals surface area contributed by atoms with Gasteiger partial charge in [-0.05, 0) is 38.2 Å². The number of aryl methyl sites for hydroxylation is 1. The number of likely N-dealkylation sites (tertiary alicyclic amines) is 1. The number of hydrogen-bond acceptors (Lipinski definition) is 3. The van der Waals surface area contributed by atoms with Crippen LogP contribution in [0.25, 0.3) is 0 Å². The third-order valence-electron chi connectivity index (χ3n) is 4.16. The van der Waals surface area contributed by atoms with Crippen molar-refractivity contribution in [2.75, 3.05) is 33.2 Å². The summed E-state index contributed by atoms with van der Waals surface area (Å²) in [7, 11) is 1.82. The van der Waals surface area contributed by atoms with E-state index in [2.05, 4.69) is 27.4 Å². The van der Waals surface area contributed by atoms with E-state index in [9.17, 15) is 4.79 Å². The molecule has 2 heterocycles. The minimum atomic E-state index is -0.151. The van der Waals surface area contributed by atoms with E-state index in [-0.39, 0.29) is 5.91 Å². The molecule has 0 saturated carbocycles. The first-order chi connectivity index (χ1) is 11.1. The van der Waals surface area contributed by atoms with Gasteiger partial charge in [-0.1, -0.05) is 6.92 Å². The summed E-state index contributed by atoms with van der Waals surface area (Å²) in [6, 6.07) is 1.79. The fraction of sp³-hybridized carbons (Fsp3) is 0.647. The first-order valence-electron chi connectivity index (χ1n) is 8.39. The topological polar surface area (TPSA) is 69.9 Å². The monoisotopic (exact) mass is 320 g/mol. The third kappa shape index (κ3) is 5.01. The lowest BCUT2D eigenvalue weighted by atomic mass is 10.0. The molecule has 0 aliphatic carbocycles. The van der Waals surface area contributed by atoms with Crippen LogP contribution in [-0.4, -0.2) is 50.0 Å². The van der Waals surface area contributed by atoms with Crippen molar-refractivity contribution in [2.45, 2.75) is 33.1 Å². The minimum Gasteiger partial charge on any atom is -0.459 e. The molecular formula is C17H28N4O2. The maximum absolute atomic E-state index is 11.9. The molecule has 1 aliphatic rings. The number of aliphatic imine (C=N–C) groups is 1. The number of furan rings is 1. The minimum absolute atomic E-state index is 0.151. The molecule has 6 nitrogen and oxygen atoms in total. The lowest BCUT2D eigenvalue weighted by Crippen LogP contribution is -2.46. The molecule has 2 N–H and O–H groups in total. The van der Waals surface area contributed by atoms with Crippen LogP contribution >= 0.6 is 0 Å². The van der Waals surface area contributed by atoms with E-state index in [1.807, 2.05) is 14.0 Å². The molecule has 1 aromatic heterocycles. The number of carbonyl (C=O) groups is 1. The van der Waals surface area contributed by atoms with Gasteiger partial charge in [0.2, 0.25) is 0 Å². The number of carbonyl (C=O) groups excluding carboxylic acids is 1. The molecule has 128 valence electrons. The molecule has 1 aliphatic heterocycles. The van der Waals surface area contributed by atoms with Crippen LogP contribution in [-0.2, 0) is 0 Å². The molecule has 0 spiro atoms. The number of nitrogens with one attached hydrogen (secondary N) is 2. The van der Waals surface area contributed by atoms with Gasteiger partial charge in [-0.2, -0.15) is 0 Å². The average Bonchev–Trinajstić information content (AvgIpc) is 2.97. The standard InChI is InChI=1S/C17H28N4O2/c1-13-6-4-10-21(12-13)17(18-3)20-9-5-8-19-16(22)15-14(2)7-11-23-15/h7,11,13H,4-6,8-10,12H2,1-3H3,(H,18,20)(H,19,22). The molecule has 1 fully saturated rings. The molecule has 1 unspecified atom stereocenters. The van der Waals surface area contributed by atoms with Crippen LogP contribution in [0, 0.1) is 12.8 Å². The van der Waals surface area contributed by atoms with Crippen molar-refractivity contribution < 1.29 is 9.21 Å². The fourth-order valence-corrected chi connectivity index (χ4v) is 2.89. The second kappa shape index (κ2) is 8.60. The van der Waals surface area contributed by atoms with Crippen molar-refractivity contribution in [1.82, 2.24) is 15.5 Å². The van der Waals surface area contributed by atoms with Crippen LogP contribution < -0.4 is 10.6 Å². The predicted molar refractivity (Wildman–Crippen MR) is 91.7 cm³/mol. The summed E-state index contributed by atoms with van der Waals surface area (Å²) in [5.74, 6) is 1.93. The Balaban J connectivity index is 1.66. The predicted octanol–water partition coefficient (Wildman–Crippen LogP) is 2.02.